The molecule has 0 radical (unpaired) electrons. The van der Waals surface area contributed by atoms with Gasteiger partial charge in [-0.15, -0.1) is 11.3 Å². The first-order chi connectivity index (χ1) is 12.6. The fourth-order valence-corrected chi connectivity index (χ4v) is 3.82. The van der Waals surface area contributed by atoms with E-state index in [0.717, 1.165) is 0 Å². The molecule has 2 aromatic rings. The summed E-state index contributed by atoms with van der Waals surface area (Å²) in [5.74, 6) is -0.998. The number of benzene rings is 1. The third kappa shape index (κ3) is 4.11. The monoisotopic (exact) mass is 371 g/mol. The van der Waals surface area contributed by atoms with Crippen LogP contribution in [-0.4, -0.2) is 35.7 Å². The summed E-state index contributed by atoms with van der Waals surface area (Å²) in [5, 5.41) is 4.64. The SMILES string of the molecule is NC(=O)C(NC(=O)C1CCN(C(=O)c2cccs2)CC1)c1ccccc1. The minimum atomic E-state index is -0.838. The van der Waals surface area contributed by atoms with Crippen LogP contribution in [0.2, 0.25) is 0 Å². The Morgan fingerprint density at radius 3 is 2.35 bits per heavy atom. The topological polar surface area (TPSA) is 92.5 Å². The van der Waals surface area contributed by atoms with Crippen molar-refractivity contribution in [1.82, 2.24) is 10.2 Å². The molecule has 3 rings (SSSR count). The van der Waals surface area contributed by atoms with Gasteiger partial charge in [-0.1, -0.05) is 36.4 Å². The van der Waals surface area contributed by atoms with E-state index in [-0.39, 0.29) is 17.7 Å². The molecule has 1 atom stereocenters. The second kappa shape index (κ2) is 8.14. The van der Waals surface area contributed by atoms with E-state index in [4.69, 9.17) is 5.73 Å². The number of nitrogens with zero attached hydrogens (tertiary/aromatic N) is 1. The zero-order chi connectivity index (χ0) is 18.5. The Kier molecular flexibility index (Phi) is 5.68. The molecule has 1 aromatic heterocycles. The summed E-state index contributed by atoms with van der Waals surface area (Å²) < 4.78 is 0. The summed E-state index contributed by atoms with van der Waals surface area (Å²) in [7, 11) is 0. The first kappa shape index (κ1) is 18.1. The fourth-order valence-electron chi connectivity index (χ4n) is 3.13. The van der Waals surface area contributed by atoms with Crippen molar-refractivity contribution in [2.45, 2.75) is 18.9 Å². The number of carbonyl (C=O) groups is 3. The molecule has 1 aliphatic heterocycles. The van der Waals surface area contributed by atoms with Crippen molar-refractivity contribution in [2.75, 3.05) is 13.1 Å². The molecule has 26 heavy (non-hydrogen) atoms. The standard InChI is InChI=1S/C19H21N3O3S/c20-17(23)16(13-5-2-1-3-6-13)21-18(24)14-8-10-22(11-9-14)19(25)15-7-4-12-26-15/h1-7,12,14,16H,8-11H2,(H2,20,23)(H,21,24). The van der Waals surface area contributed by atoms with Gasteiger partial charge in [-0.2, -0.15) is 0 Å². The first-order valence-corrected chi connectivity index (χ1v) is 9.41. The van der Waals surface area contributed by atoms with Gasteiger partial charge in [0.25, 0.3) is 5.91 Å². The first-order valence-electron chi connectivity index (χ1n) is 8.53. The van der Waals surface area contributed by atoms with Crippen molar-refractivity contribution in [3.63, 3.8) is 0 Å². The molecule has 0 bridgehead atoms. The normalized spacial score (nSPS) is 16.1. The van der Waals surface area contributed by atoms with E-state index >= 15 is 0 Å². The van der Waals surface area contributed by atoms with Gasteiger partial charge in [0, 0.05) is 19.0 Å². The molecule has 7 heteroatoms. The second-order valence-electron chi connectivity index (χ2n) is 6.30. The Morgan fingerprint density at radius 2 is 1.77 bits per heavy atom. The predicted octanol–water partition coefficient (Wildman–Crippen LogP) is 1.94. The van der Waals surface area contributed by atoms with Gasteiger partial charge >= 0.3 is 0 Å². The van der Waals surface area contributed by atoms with Gasteiger partial charge in [-0.3, -0.25) is 14.4 Å². The molecular formula is C19H21N3O3S. The van der Waals surface area contributed by atoms with Crippen molar-refractivity contribution >= 4 is 29.1 Å². The van der Waals surface area contributed by atoms with Gasteiger partial charge < -0.3 is 16.0 Å². The number of hydrogen-bond acceptors (Lipinski definition) is 4. The summed E-state index contributed by atoms with van der Waals surface area (Å²) in [6, 6.07) is 11.8. The molecule has 3 amide bonds. The lowest BCUT2D eigenvalue weighted by Gasteiger charge is -2.31. The lowest BCUT2D eigenvalue weighted by Crippen LogP contribution is -2.45. The molecular weight excluding hydrogens is 350 g/mol. The molecule has 6 nitrogen and oxygen atoms in total. The molecule has 1 aliphatic rings. The zero-order valence-corrected chi connectivity index (χ0v) is 15.1. The lowest BCUT2D eigenvalue weighted by atomic mass is 9.94. The van der Waals surface area contributed by atoms with E-state index in [1.54, 1.807) is 29.2 Å². The van der Waals surface area contributed by atoms with Crippen LogP contribution in [0.3, 0.4) is 0 Å². The number of rotatable bonds is 5. The number of piperidine rings is 1. The van der Waals surface area contributed by atoms with Crippen molar-refractivity contribution in [1.29, 1.82) is 0 Å². The highest BCUT2D eigenvalue weighted by molar-refractivity contribution is 7.12. The number of nitrogens with two attached hydrogens (primary N) is 1. The van der Waals surface area contributed by atoms with Gasteiger partial charge in [-0.05, 0) is 29.9 Å². The smallest absolute Gasteiger partial charge is 0.263 e. The zero-order valence-electron chi connectivity index (χ0n) is 14.3. The van der Waals surface area contributed by atoms with Crippen LogP contribution in [-0.2, 0) is 9.59 Å². The van der Waals surface area contributed by atoms with Crippen LogP contribution in [0.4, 0.5) is 0 Å². The fraction of sp³-hybridized carbons (Fsp3) is 0.316. The highest BCUT2D eigenvalue weighted by Gasteiger charge is 2.30. The third-order valence-electron chi connectivity index (χ3n) is 4.59. The van der Waals surface area contributed by atoms with Gasteiger partial charge in [0.15, 0.2) is 0 Å². The van der Waals surface area contributed by atoms with Crippen molar-refractivity contribution in [2.24, 2.45) is 11.7 Å². The molecule has 136 valence electrons. The third-order valence-corrected chi connectivity index (χ3v) is 5.45. The summed E-state index contributed by atoms with van der Waals surface area (Å²) in [6.07, 6.45) is 1.15. The van der Waals surface area contributed by atoms with Crippen LogP contribution >= 0.6 is 11.3 Å². The summed E-state index contributed by atoms with van der Waals surface area (Å²) in [4.78, 5) is 39.2. The molecule has 0 aliphatic carbocycles. The Labute approximate surface area is 156 Å². The summed E-state index contributed by atoms with van der Waals surface area (Å²) >= 11 is 1.42. The Balaban J connectivity index is 1.58. The van der Waals surface area contributed by atoms with E-state index < -0.39 is 11.9 Å². The minimum Gasteiger partial charge on any atom is -0.368 e. The second-order valence-corrected chi connectivity index (χ2v) is 7.25. The highest BCUT2D eigenvalue weighted by atomic mass is 32.1. The number of nitrogens with one attached hydrogen (secondary N) is 1. The number of hydrogen-bond donors (Lipinski definition) is 2. The van der Waals surface area contributed by atoms with Gasteiger partial charge in [0.2, 0.25) is 11.8 Å². The van der Waals surface area contributed by atoms with E-state index in [1.807, 2.05) is 23.6 Å². The van der Waals surface area contributed by atoms with Gasteiger partial charge in [0.05, 0.1) is 4.88 Å². The largest absolute Gasteiger partial charge is 0.368 e. The van der Waals surface area contributed by atoms with Crippen LogP contribution < -0.4 is 11.1 Å². The maximum absolute atomic E-state index is 12.6. The molecule has 1 aromatic carbocycles. The average molecular weight is 371 g/mol. The highest BCUT2D eigenvalue weighted by Crippen LogP contribution is 2.22. The molecule has 1 saturated heterocycles. The molecule has 0 spiro atoms. The van der Waals surface area contributed by atoms with Crippen LogP contribution in [0.15, 0.2) is 47.8 Å². The van der Waals surface area contributed by atoms with Crippen molar-refractivity contribution in [3.05, 3.63) is 58.3 Å². The van der Waals surface area contributed by atoms with E-state index in [0.29, 0.717) is 36.4 Å². The van der Waals surface area contributed by atoms with E-state index in [2.05, 4.69) is 5.32 Å². The summed E-state index contributed by atoms with van der Waals surface area (Å²) in [6.45, 7) is 1.06. The van der Waals surface area contributed by atoms with Gasteiger partial charge in [-0.25, -0.2) is 0 Å². The predicted molar refractivity (Wildman–Crippen MR) is 99.5 cm³/mol. The average Bonchev–Trinajstić information content (AvgIpc) is 3.20. The molecule has 0 saturated carbocycles. The van der Waals surface area contributed by atoms with Crippen molar-refractivity contribution in [3.8, 4) is 0 Å². The maximum Gasteiger partial charge on any atom is 0.263 e. The molecule has 1 fully saturated rings. The Hall–Kier alpha value is -2.67. The van der Waals surface area contributed by atoms with Crippen LogP contribution in [0, 0.1) is 5.92 Å². The van der Waals surface area contributed by atoms with Crippen molar-refractivity contribution < 1.29 is 14.4 Å². The molecule has 1 unspecified atom stereocenters. The van der Waals surface area contributed by atoms with Crippen LogP contribution in [0.25, 0.3) is 0 Å². The number of thiophene rings is 1. The molecule has 2 heterocycles. The maximum atomic E-state index is 12.6. The van der Waals surface area contributed by atoms with E-state index in [9.17, 15) is 14.4 Å². The van der Waals surface area contributed by atoms with Crippen LogP contribution in [0.5, 0.6) is 0 Å². The number of amides is 3. The van der Waals surface area contributed by atoms with Gasteiger partial charge in [0.1, 0.15) is 6.04 Å². The number of primary amides is 1. The minimum absolute atomic E-state index is 0.0122. The Morgan fingerprint density at radius 1 is 1.08 bits per heavy atom. The molecule has 3 N–H and O–H groups in total. The number of carbonyl (C=O) groups excluding carboxylic acids is 3. The lowest BCUT2D eigenvalue weighted by molar-refractivity contribution is -0.131. The Bertz CT molecular complexity index is 769. The summed E-state index contributed by atoms with van der Waals surface area (Å²) in [5.41, 5.74) is 6.12. The van der Waals surface area contributed by atoms with E-state index in [1.165, 1.54) is 11.3 Å². The quantitative estimate of drug-likeness (QED) is 0.841. The van der Waals surface area contributed by atoms with Crippen LogP contribution in [0.1, 0.15) is 34.1 Å². The number of likely N-dealkylation sites (tertiary alicyclic amines) is 1.